The van der Waals surface area contributed by atoms with E-state index in [1.165, 1.54) is 29.2 Å². The monoisotopic (exact) mass is 335 g/mol. The molecule has 3 rings (SSSR count). The second-order valence-corrected chi connectivity index (χ2v) is 5.21. The number of alkyl halides is 3. The Kier molecular flexibility index (Phi) is 4.06. The predicted molar refractivity (Wildman–Crippen MR) is 80.2 cm³/mol. The van der Waals surface area contributed by atoms with Crippen LogP contribution in [0.5, 0.6) is 0 Å². The van der Waals surface area contributed by atoms with Gasteiger partial charge in [0.25, 0.3) is 5.56 Å². The third kappa shape index (κ3) is 3.13. The zero-order chi connectivity index (χ0) is 17.3. The third-order valence-corrected chi connectivity index (χ3v) is 3.59. The highest BCUT2D eigenvalue weighted by Gasteiger charge is 2.30. The number of pyridine rings is 1. The molecule has 0 spiro atoms. The molecule has 0 amide bonds. The van der Waals surface area contributed by atoms with Crippen molar-refractivity contribution in [3.05, 3.63) is 70.4 Å². The first-order valence-corrected chi connectivity index (χ1v) is 7.01. The molecule has 5 nitrogen and oxygen atoms in total. The molecule has 0 fully saturated rings. The van der Waals surface area contributed by atoms with Crippen molar-refractivity contribution in [1.29, 1.82) is 0 Å². The van der Waals surface area contributed by atoms with Crippen LogP contribution in [0.4, 0.5) is 13.2 Å². The van der Waals surface area contributed by atoms with Crippen LogP contribution in [0.3, 0.4) is 0 Å². The van der Waals surface area contributed by atoms with Crippen LogP contribution in [-0.2, 0) is 12.7 Å². The highest BCUT2D eigenvalue weighted by Crippen LogP contribution is 2.30. The van der Waals surface area contributed by atoms with E-state index in [9.17, 15) is 23.1 Å². The van der Waals surface area contributed by atoms with E-state index in [1.54, 1.807) is 12.1 Å². The minimum absolute atomic E-state index is 0.123. The molecule has 1 N–H and O–H groups in total. The summed E-state index contributed by atoms with van der Waals surface area (Å²) < 4.78 is 38.8. The molecule has 2 heterocycles. The summed E-state index contributed by atoms with van der Waals surface area (Å²) >= 11 is 0. The number of rotatable bonds is 3. The molecule has 0 aliphatic rings. The third-order valence-electron chi connectivity index (χ3n) is 3.59. The summed E-state index contributed by atoms with van der Waals surface area (Å²) in [4.78, 5) is 20.3. The van der Waals surface area contributed by atoms with E-state index in [2.05, 4.69) is 9.97 Å². The van der Waals surface area contributed by atoms with Crippen molar-refractivity contribution in [3.8, 4) is 0 Å². The average Bonchev–Trinajstić information content (AvgIpc) is 2.57. The van der Waals surface area contributed by atoms with Gasteiger partial charge < -0.3 is 5.11 Å². The van der Waals surface area contributed by atoms with Gasteiger partial charge in [0.15, 0.2) is 5.65 Å². The molecule has 1 unspecified atom stereocenters. The SMILES string of the molecule is O=c1c2cccnc2ncn1CC(O)c1ccc(C(F)(F)F)cc1. The predicted octanol–water partition coefficient (Wildman–Crippen LogP) is 2.54. The van der Waals surface area contributed by atoms with Crippen LogP contribution >= 0.6 is 0 Å². The quantitative estimate of drug-likeness (QED) is 0.799. The molecule has 0 radical (unpaired) electrons. The van der Waals surface area contributed by atoms with Crippen molar-refractivity contribution < 1.29 is 18.3 Å². The Morgan fingerprint density at radius 2 is 1.83 bits per heavy atom. The van der Waals surface area contributed by atoms with Gasteiger partial charge in [-0.25, -0.2) is 9.97 Å². The van der Waals surface area contributed by atoms with Crippen molar-refractivity contribution in [1.82, 2.24) is 14.5 Å². The fraction of sp³-hybridized carbons (Fsp3) is 0.188. The Hall–Kier alpha value is -2.74. The zero-order valence-electron chi connectivity index (χ0n) is 12.2. The van der Waals surface area contributed by atoms with Crippen molar-refractivity contribution >= 4 is 11.0 Å². The minimum Gasteiger partial charge on any atom is -0.387 e. The number of nitrogens with zero attached hydrogens (tertiary/aromatic N) is 3. The lowest BCUT2D eigenvalue weighted by molar-refractivity contribution is -0.137. The number of halogens is 3. The van der Waals surface area contributed by atoms with E-state index in [0.717, 1.165) is 12.1 Å². The molecule has 24 heavy (non-hydrogen) atoms. The number of aliphatic hydroxyl groups is 1. The minimum atomic E-state index is -4.43. The lowest BCUT2D eigenvalue weighted by Gasteiger charge is -2.14. The number of fused-ring (bicyclic) bond motifs is 1. The maximum absolute atomic E-state index is 12.5. The lowest BCUT2D eigenvalue weighted by Crippen LogP contribution is -2.24. The summed E-state index contributed by atoms with van der Waals surface area (Å²) in [7, 11) is 0. The molecule has 1 aromatic carbocycles. The van der Waals surface area contributed by atoms with Crippen LogP contribution in [0.2, 0.25) is 0 Å². The second kappa shape index (κ2) is 6.04. The highest BCUT2D eigenvalue weighted by molar-refractivity contribution is 5.72. The maximum Gasteiger partial charge on any atom is 0.416 e. The Bertz CT molecular complexity index is 920. The van der Waals surface area contributed by atoms with Gasteiger partial charge in [0.2, 0.25) is 0 Å². The maximum atomic E-state index is 12.5. The summed E-state index contributed by atoms with van der Waals surface area (Å²) in [6.07, 6.45) is -2.81. The van der Waals surface area contributed by atoms with Crippen molar-refractivity contribution in [3.63, 3.8) is 0 Å². The van der Waals surface area contributed by atoms with Crippen molar-refractivity contribution in [2.75, 3.05) is 0 Å². The molecule has 124 valence electrons. The molecule has 8 heteroatoms. The van der Waals surface area contributed by atoms with E-state index in [4.69, 9.17) is 0 Å². The van der Waals surface area contributed by atoms with Gasteiger partial charge in [-0.05, 0) is 29.8 Å². The fourth-order valence-corrected chi connectivity index (χ4v) is 2.31. The molecule has 0 aliphatic carbocycles. The van der Waals surface area contributed by atoms with Crippen LogP contribution in [-0.4, -0.2) is 19.6 Å². The fourth-order valence-electron chi connectivity index (χ4n) is 2.31. The van der Waals surface area contributed by atoms with Crippen LogP contribution in [0, 0.1) is 0 Å². The Morgan fingerprint density at radius 1 is 1.12 bits per heavy atom. The smallest absolute Gasteiger partial charge is 0.387 e. The largest absolute Gasteiger partial charge is 0.416 e. The molecule has 0 saturated heterocycles. The summed E-state index contributed by atoms with van der Waals surface area (Å²) in [5, 5.41) is 10.5. The van der Waals surface area contributed by atoms with Gasteiger partial charge in [-0.1, -0.05) is 12.1 Å². The topological polar surface area (TPSA) is 68.0 Å². The molecule has 0 bridgehead atoms. The van der Waals surface area contributed by atoms with Crippen LogP contribution in [0.15, 0.2) is 53.7 Å². The van der Waals surface area contributed by atoms with Crippen LogP contribution < -0.4 is 5.56 Å². The summed E-state index contributed by atoms with van der Waals surface area (Å²) in [5.74, 6) is 0. The summed E-state index contributed by atoms with van der Waals surface area (Å²) in [5.41, 5.74) is -0.600. The molecule has 0 saturated carbocycles. The first-order valence-electron chi connectivity index (χ1n) is 7.01. The molecule has 1 atom stereocenters. The van der Waals surface area contributed by atoms with Gasteiger partial charge >= 0.3 is 6.18 Å². The molecule has 0 aliphatic heterocycles. The number of hydrogen-bond acceptors (Lipinski definition) is 4. The van der Waals surface area contributed by atoms with E-state index in [0.29, 0.717) is 11.0 Å². The second-order valence-electron chi connectivity index (χ2n) is 5.21. The highest BCUT2D eigenvalue weighted by atomic mass is 19.4. The van der Waals surface area contributed by atoms with E-state index in [-0.39, 0.29) is 17.7 Å². The van der Waals surface area contributed by atoms with E-state index >= 15 is 0 Å². The standard InChI is InChI=1S/C16H12F3N3O2/c17-16(18,19)11-5-3-10(4-6-11)13(23)8-22-9-21-14-12(15(22)24)2-1-7-20-14/h1-7,9,13,23H,8H2. The van der Waals surface area contributed by atoms with Gasteiger partial charge in [-0.2, -0.15) is 13.2 Å². The lowest BCUT2D eigenvalue weighted by atomic mass is 10.1. The van der Waals surface area contributed by atoms with Gasteiger partial charge in [-0.15, -0.1) is 0 Å². The van der Waals surface area contributed by atoms with Crippen LogP contribution in [0.1, 0.15) is 17.2 Å². The number of aliphatic hydroxyl groups excluding tert-OH is 1. The number of benzene rings is 1. The van der Waals surface area contributed by atoms with Crippen molar-refractivity contribution in [2.24, 2.45) is 0 Å². The van der Waals surface area contributed by atoms with Gasteiger partial charge in [0, 0.05) is 6.20 Å². The molecule has 3 aromatic rings. The molecule has 2 aromatic heterocycles. The number of hydrogen-bond donors (Lipinski definition) is 1. The van der Waals surface area contributed by atoms with Gasteiger partial charge in [-0.3, -0.25) is 9.36 Å². The average molecular weight is 335 g/mol. The molecular weight excluding hydrogens is 323 g/mol. The van der Waals surface area contributed by atoms with E-state index in [1.807, 2.05) is 0 Å². The summed E-state index contributed by atoms with van der Waals surface area (Å²) in [6.45, 7) is -0.123. The van der Waals surface area contributed by atoms with Crippen LogP contribution in [0.25, 0.3) is 11.0 Å². The normalized spacial score (nSPS) is 13.2. The number of aromatic nitrogens is 3. The van der Waals surface area contributed by atoms with Gasteiger partial charge in [0.1, 0.15) is 6.33 Å². The first-order chi connectivity index (χ1) is 11.4. The Labute approximate surface area is 134 Å². The van der Waals surface area contributed by atoms with E-state index < -0.39 is 17.8 Å². The zero-order valence-corrected chi connectivity index (χ0v) is 12.2. The Balaban J connectivity index is 1.86. The van der Waals surface area contributed by atoms with Crippen molar-refractivity contribution in [2.45, 2.75) is 18.8 Å². The summed E-state index contributed by atoms with van der Waals surface area (Å²) in [6, 6.07) is 7.33. The van der Waals surface area contributed by atoms with Gasteiger partial charge in [0.05, 0.1) is 23.6 Å². The molecular formula is C16H12F3N3O2. The first kappa shape index (κ1) is 16.1. The Morgan fingerprint density at radius 3 is 2.50 bits per heavy atom.